The maximum absolute atomic E-state index is 13.8. The highest BCUT2D eigenvalue weighted by molar-refractivity contribution is 9.10. The van der Waals surface area contributed by atoms with Crippen molar-refractivity contribution in [2.24, 2.45) is 0 Å². The molecule has 0 spiro atoms. The molecule has 0 bridgehead atoms. The summed E-state index contributed by atoms with van der Waals surface area (Å²) < 4.78 is 20.1. The molecule has 2 atom stereocenters. The van der Waals surface area contributed by atoms with Crippen LogP contribution in [0.5, 0.6) is 0 Å². The number of ether oxygens (including phenoxy) is 1. The third-order valence-corrected chi connectivity index (χ3v) is 3.85. The highest BCUT2D eigenvalue weighted by atomic mass is 79.9. The number of morpholine rings is 1. The first-order valence-electron chi connectivity index (χ1n) is 6.40. The SMILES string of the molecule is CCC1COC(C)CN1C(=O)c1cc(Br)ccc1F. The molecule has 2 unspecified atom stereocenters. The van der Waals surface area contributed by atoms with Crippen molar-refractivity contribution in [3.63, 3.8) is 0 Å². The van der Waals surface area contributed by atoms with Crippen LogP contribution in [0.1, 0.15) is 30.6 Å². The second-order valence-corrected chi connectivity index (χ2v) is 5.70. The van der Waals surface area contributed by atoms with Crippen LogP contribution >= 0.6 is 15.9 Å². The van der Waals surface area contributed by atoms with Gasteiger partial charge >= 0.3 is 0 Å². The number of hydrogen-bond acceptors (Lipinski definition) is 2. The molecule has 19 heavy (non-hydrogen) atoms. The Bertz CT molecular complexity index is 481. The fourth-order valence-electron chi connectivity index (χ4n) is 2.25. The third kappa shape index (κ3) is 3.15. The predicted molar refractivity (Wildman–Crippen MR) is 74.6 cm³/mol. The molecule has 0 aliphatic carbocycles. The number of amides is 1. The van der Waals surface area contributed by atoms with Crippen molar-refractivity contribution in [1.29, 1.82) is 0 Å². The molecule has 3 nitrogen and oxygen atoms in total. The van der Waals surface area contributed by atoms with Crippen LogP contribution in [0.3, 0.4) is 0 Å². The van der Waals surface area contributed by atoms with E-state index in [0.29, 0.717) is 17.6 Å². The van der Waals surface area contributed by atoms with E-state index in [-0.39, 0.29) is 23.6 Å². The van der Waals surface area contributed by atoms with Gasteiger partial charge in [-0.2, -0.15) is 0 Å². The van der Waals surface area contributed by atoms with E-state index in [1.54, 1.807) is 11.0 Å². The van der Waals surface area contributed by atoms with Gasteiger partial charge in [-0.15, -0.1) is 0 Å². The van der Waals surface area contributed by atoms with Crippen molar-refractivity contribution in [1.82, 2.24) is 4.90 Å². The zero-order valence-corrected chi connectivity index (χ0v) is 12.6. The number of carbonyl (C=O) groups is 1. The van der Waals surface area contributed by atoms with E-state index in [1.165, 1.54) is 12.1 Å². The van der Waals surface area contributed by atoms with E-state index >= 15 is 0 Å². The fraction of sp³-hybridized carbons (Fsp3) is 0.500. The van der Waals surface area contributed by atoms with Crippen molar-refractivity contribution >= 4 is 21.8 Å². The van der Waals surface area contributed by atoms with Gasteiger partial charge in [-0.25, -0.2) is 4.39 Å². The van der Waals surface area contributed by atoms with Gasteiger partial charge in [0.15, 0.2) is 0 Å². The minimum Gasteiger partial charge on any atom is -0.375 e. The van der Waals surface area contributed by atoms with Gasteiger partial charge in [0, 0.05) is 11.0 Å². The first-order valence-corrected chi connectivity index (χ1v) is 7.19. The van der Waals surface area contributed by atoms with Crippen LogP contribution in [0.25, 0.3) is 0 Å². The maximum Gasteiger partial charge on any atom is 0.257 e. The number of hydrogen-bond donors (Lipinski definition) is 0. The number of rotatable bonds is 2. The van der Waals surface area contributed by atoms with Gasteiger partial charge in [0.25, 0.3) is 5.91 Å². The lowest BCUT2D eigenvalue weighted by Gasteiger charge is -2.38. The van der Waals surface area contributed by atoms with Gasteiger partial charge in [0.2, 0.25) is 0 Å². The molecule has 1 fully saturated rings. The van der Waals surface area contributed by atoms with Gasteiger partial charge in [-0.1, -0.05) is 22.9 Å². The Labute approximate surface area is 120 Å². The van der Waals surface area contributed by atoms with Crippen molar-refractivity contribution in [2.75, 3.05) is 13.2 Å². The van der Waals surface area contributed by atoms with Gasteiger partial charge in [-0.05, 0) is 31.5 Å². The zero-order chi connectivity index (χ0) is 14.0. The van der Waals surface area contributed by atoms with Crippen LogP contribution in [0.15, 0.2) is 22.7 Å². The molecule has 1 saturated heterocycles. The largest absolute Gasteiger partial charge is 0.375 e. The molecule has 104 valence electrons. The van der Waals surface area contributed by atoms with Crippen LogP contribution < -0.4 is 0 Å². The van der Waals surface area contributed by atoms with E-state index in [0.717, 1.165) is 6.42 Å². The number of halogens is 2. The fourth-order valence-corrected chi connectivity index (χ4v) is 2.61. The second-order valence-electron chi connectivity index (χ2n) is 4.79. The molecule has 1 aliphatic heterocycles. The molecule has 0 aromatic heterocycles. The number of benzene rings is 1. The lowest BCUT2D eigenvalue weighted by molar-refractivity contribution is -0.0445. The zero-order valence-electron chi connectivity index (χ0n) is 11.0. The van der Waals surface area contributed by atoms with E-state index < -0.39 is 5.82 Å². The van der Waals surface area contributed by atoms with E-state index in [9.17, 15) is 9.18 Å². The molecular weight excluding hydrogens is 313 g/mol. The first-order chi connectivity index (χ1) is 9.02. The van der Waals surface area contributed by atoms with Crippen LogP contribution in [0, 0.1) is 5.82 Å². The third-order valence-electron chi connectivity index (χ3n) is 3.36. The second kappa shape index (κ2) is 6.01. The van der Waals surface area contributed by atoms with E-state index in [1.807, 2.05) is 13.8 Å². The number of nitrogens with zero attached hydrogens (tertiary/aromatic N) is 1. The summed E-state index contributed by atoms with van der Waals surface area (Å²) in [5.74, 6) is -0.747. The summed E-state index contributed by atoms with van der Waals surface area (Å²) in [4.78, 5) is 14.2. The van der Waals surface area contributed by atoms with Crippen molar-refractivity contribution in [2.45, 2.75) is 32.4 Å². The minimum absolute atomic E-state index is 0.0121. The van der Waals surface area contributed by atoms with Crippen molar-refractivity contribution < 1.29 is 13.9 Å². The Morgan fingerprint density at radius 1 is 1.58 bits per heavy atom. The Kier molecular flexibility index (Phi) is 4.58. The number of carbonyl (C=O) groups excluding carboxylic acids is 1. The summed E-state index contributed by atoms with van der Waals surface area (Å²) in [7, 11) is 0. The van der Waals surface area contributed by atoms with Gasteiger partial charge in [0.1, 0.15) is 5.82 Å². The van der Waals surface area contributed by atoms with Gasteiger partial charge in [-0.3, -0.25) is 4.79 Å². The molecule has 1 heterocycles. The molecule has 1 aliphatic rings. The molecule has 1 aromatic rings. The normalized spacial score (nSPS) is 23.5. The Hall–Kier alpha value is -0.940. The Morgan fingerprint density at radius 2 is 2.32 bits per heavy atom. The van der Waals surface area contributed by atoms with Gasteiger partial charge in [0.05, 0.1) is 24.3 Å². The molecule has 1 amide bonds. The van der Waals surface area contributed by atoms with E-state index in [4.69, 9.17) is 4.74 Å². The predicted octanol–water partition coefficient (Wildman–Crippen LogP) is 3.23. The summed E-state index contributed by atoms with van der Waals surface area (Å²) in [5.41, 5.74) is 0.113. The maximum atomic E-state index is 13.8. The average Bonchev–Trinajstić information content (AvgIpc) is 2.40. The van der Waals surface area contributed by atoms with Crippen LogP contribution in [0.4, 0.5) is 4.39 Å². The highest BCUT2D eigenvalue weighted by Crippen LogP contribution is 2.21. The standard InChI is InChI=1S/C14H17BrFNO2/c1-3-11-8-19-9(2)7-17(11)14(18)12-6-10(15)4-5-13(12)16/h4-6,9,11H,3,7-8H2,1-2H3. The summed E-state index contributed by atoms with van der Waals surface area (Å²) in [5, 5.41) is 0. The summed E-state index contributed by atoms with van der Waals surface area (Å²) in [6, 6.07) is 4.44. The summed E-state index contributed by atoms with van der Waals surface area (Å²) in [6.45, 7) is 4.94. The van der Waals surface area contributed by atoms with Crippen molar-refractivity contribution in [3.05, 3.63) is 34.1 Å². The lowest BCUT2D eigenvalue weighted by Crippen LogP contribution is -2.51. The Balaban J connectivity index is 2.28. The lowest BCUT2D eigenvalue weighted by atomic mass is 10.1. The minimum atomic E-state index is -0.484. The van der Waals surface area contributed by atoms with Crippen LogP contribution in [-0.4, -0.2) is 36.1 Å². The first kappa shape index (κ1) is 14.5. The van der Waals surface area contributed by atoms with Crippen LogP contribution in [0.2, 0.25) is 0 Å². The Morgan fingerprint density at radius 3 is 3.00 bits per heavy atom. The smallest absolute Gasteiger partial charge is 0.257 e. The van der Waals surface area contributed by atoms with Gasteiger partial charge < -0.3 is 9.64 Å². The topological polar surface area (TPSA) is 29.5 Å². The molecule has 0 saturated carbocycles. The highest BCUT2D eigenvalue weighted by Gasteiger charge is 2.31. The van der Waals surface area contributed by atoms with Crippen molar-refractivity contribution in [3.8, 4) is 0 Å². The van der Waals surface area contributed by atoms with E-state index in [2.05, 4.69) is 15.9 Å². The quantitative estimate of drug-likeness (QED) is 0.833. The molecule has 1 aromatic carbocycles. The molecule has 0 radical (unpaired) electrons. The molecule has 2 rings (SSSR count). The average molecular weight is 330 g/mol. The molecule has 0 N–H and O–H groups in total. The molecule has 5 heteroatoms. The van der Waals surface area contributed by atoms with Crippen LogP contribution in [-0.2, 0) is 4.74 Å². The monoisotopic (exact) mass is 329 g/mol. The summed E-state index contributed by atoms with van der Waals surface area (Å²) >= 11 is 3.27. The summed E-state index contributed by atoms with van der Waals surface area (Å²) in [6.07, 6.45) is 0.788. The molecular formula is C14H17BrFNO2.